The molecular weight excluding hydrogens is 454 g/mol. The minimum atomic E-state index is -0.908. The maximum Gasteiger partial charge on any atom is 0.141 e. The molecule has 6 heteroatoms. The van der Waals surface area contributed by atoms with Gasteiger partial charge in [-0.2, -0.15) is 0 Å². The molecule has 3 aromatic carbocycles. The minimum Gasteiger partial charge on any atom is -0.508 e. The van der Waals surface area contributed by atoms with Crippen molar-refractivity contribution >= 4 is 11.0 Å². The van der Waals surface area contributed by atoms with Crippen LogP contribution in [0.5, 0.6) is 17.2 Å². The number of ether oxygens (including phenoxy) is 2. The number of methoxy groups -OCH3 is 1. The van der Waals surface area contributed by atoms with E-state index in [1.807, 2.05) is 42.5 Å². The van der Waals surface area contributed by atoms with E-state index in [9.17, 15) is 10.2 Å². The Morgan fingerprint density at radius 3 is 2.28 bits per heavy atom. The Labute approximate surface area is 211 Å². The fourth-order valence-corrected chi connectivity index (χ4v) is 4.89. The number of aliphatic hydroxyl groups excluding tert-OH is 1. The second-order valence-electron chi connectivity index (χ2n) is 9.33. The first-order valence-corrected chi connectivity index (χ1v) is 12.7. The molecular formula is C30H33NO5. The molecule has 1 unspecified atom stereocenters. The Morgan fingerprint density at radius 1 is 0.889 bits per heavy atom. The molecule has 5 rings (SSSR count). The molecule has 2 N–H and O–H groups in total. The van der Waals surface area contributed by atoms with Gasteiger partial charge in [0.2, 0.25) is 0 Å². The summed E-state index contributed by atoms with van der Waals surface area (Å²) in [5.41, 5.74) is 2.81. The van der Waals surface area contributed by atoms with Crippen molar-refractivity contribution in [3.63, 3.8) is 0 Å². The van der Waals surface area contributed by atoms with Crippen LogP contribution >= 0.6 is 0 Å². The SMILES string of the molecule is COc1ccc2c(C(O)c3ccc(OCCN4CCCCCC4)cc3)c(-c3ccc(O)cc3)oc2c1. The molecule has 0 saturated carbocycles. The normalized spacial score (nSPS) is 15.5. The predicted molar refractivity (Wildman–Crippen MR) is 141 cm³/mol. The van der Waals surface area contributed by atoms with Gasteiger partial charge in [-0.05, 0) is 80.0 Å². The predicted octanol–water partition coefficient (Wildman–Crippen LogP) is 6.15. The molecule has 36 heavy (non-hydrogen) atoms. The standard InChI is InChI=1S/C30H33NO5/c1-34-25-14-15-26-27(20-25)36-30(22-6-10-23(32)11-7-22)28(26)29(33)21-8-12-24(13-9-21)35-19-18-31-16-4-2-3-5-17-31/h6-15,20,29,32-33H,2-5,16-19H2,1H3. The van der Waals surface area contributed by atoms with Gasteiger partial charge in [0.1, 0.15) is 41.3 Å². The molecule has 0 amide bonds. The minimum absolute atomic E-state index is 0.171. The van der Waals surface area contributed by atoms with Crippen LogP contribution in [-0.2, 0) is 0 Å². The average molecular weight is 488 g/mol. The number of benzene rings is 3. The average Bonchev–Trinajstić information content (AvgIpc) is 3.08. The van der Waals surface area contributed by atoms with Crippen LogP contribution in [0.15, 0.2) is 71.1 Å². The van der Waals surface area contributed by atoms with Crippen LogP contribution in [0.2, 0.25) is 0 Å². The molecule has 0 aliphatic carbocycles. The number of rotatable bonds is 8. The monoisotopic (exact) mass is 487 g/mol. The molecule has 1 aromatic heterocycles. The molecule has 2 heterocycles. The Morgan fingerprint density at radius 2 is 1.58 bits per heavy atom. The van der Waals surface area contributed by atoms with E-state index < -0.39 is 6.10 Å². The van der Waals surface area contributed by atoms with Crippen LogP contribution in [0.25, 0.3) is 22.3 Å². The summed E-state index contributed by atoms with van der Waals surface area (Å²) in [4.78, 5) is 2.48. The number of hydrogen-bond acceptors (Lipinski definition) is 6. The maximum absolute atomic E-state index is 11.5. The van der Waals surface area contributed by atoms with Crippen LogP contribution in [0.3, 0.4) is 0 Å². The summed E-state index contributed by atoms with van der Waals surface area (Å²) >= 11 is 0. The Hall–Kier alpha value is -3.48. The van der Waals surface area contributed by atoms with Crippen molar-refractivity contribution in [2.45, 2.75) is 31.8 Å². The second kappa shape index (κ2) is 11.1. The van der Waals surface area contributed by atoms with Gasteiger partial charge in [0.15, 0.2) is 0 Å². The number of aliphatic hydroxyl groups is 1. The lowest BCUT2D eigenvalue weighted by Gasteiger charge is -2.19. The van der Waals surface area contributed by atoms with Gasteiger partial charge in [-0.3, -0.25) is 4.90 Å². The Bertz CT molecular complexity index is 1270. The van der Waals surface area contributed by atoms with E-state index in [1.165, 1.54) is 25.7 Å². The first-order valence-electron chi connectivity index (χ1n) is 12.7. The first-order chi connectivity index (χ1) is 17.6. The van der Waals surface area contributed by atoms with Crippen LogP contribution in [0.1, 0.15) is 42.9 Å². The van der Waals surface area contributed by atoms with Crippen molar-refractivity contribution in [2.24, 2.45) is 0 Å². The molecule has 1 aliphatic heterocycles. The summed E-state index contributed by atoms with van der Waals surface area (Å²) in [7, 11) is 1.61. The van der Waals surface area contributed by atoms with Crippen LogP contribution in [-0.4, -0.2) is 48.5 Å². The van der Waals surface area contributed by atoms with E-state index >= 15 is 0 Å². The topological polar surface area (TPSA) is 75.3 Å². The first kappa shape index (κ1) is 24.2. The van der Waals surface area contributed by atoms with E-state index in [0.29, 0.717) is 29.3 Å². The van der Waals surface area contributed by atoms with Crippen LogP contribution in [0.4, 0.5) is 0 Å². The fraction of sp³-hybridized carbons (Fsp3) is 0.333. The van der Waals surface area contributed by atoms with E-state index in [4.69, 9.17) is 13.9 Å². The molecule has 1 atom stereocenters. The Kier molecular flexibility index (Phi) is 7.44. The highest BCUT2D eigenvalue weighted by Gasteiger charge is 2.24. The van der Waals surface area contributed by atoms with E-state index in [2.05, 4.69) is 4.90 Å². The summed E-state index contributed by atoms with van der Waals surface area (Å²) in [6, 6.07) is 20.0. The van der Waals surface area contributed by atoms with E-state index in [-0.39, 0.29) is 5.75 Å². The van der Waals surface area contributed by atoms with E-state index in [0.717, 1.165) is 41.9 Å². The van der Waals surface area contributed by atoms with Crippen LogP contribution < -0.4 is 9.47 Å². The van der Waals surface area contributed by atoms with Gasteiger partial charge >= 0.3 is 0 Å². The molecule has 6 nitrogen and oxygen atoms in total. The van der Waals surface area contributed by atoms with Crippen molar-refractivity contribution in [2.75, 3.05) is 33.4 Å². The lowest BCUT2D eigenvalue weighted by Crippen LogP contribution is -2.29. The molecule has 188 valence electrons. The van der Waals surface area contributed by atoms with Gasteiger partial charge in [-0.1, -0.05) is 25.0 Å². The molecule has 1 aliphatic rings. The fourth-order valence-electron chi connectivity index (χ4n) is 4.89. The third-order valence-corrected chi connectivity index (χ3v) is 6.91. The molecule has 1 saturated heterocycles. The number of likely N-dealkylation sites (tertiary alicyclic amines) is 1. The molecule has 1 fully saturated rings. The van der Waals surface area contributed by atoms with Crippen molar-refractivity contribution in [3.8, 4) is 28.6 Å². The number of hydrogen-bond donors (Lipinski definition) is 2. The van der Waals surface area contributed by atoms with Gasteiger partial charge in [-0.15, -0.1) is 0 Å². The Balaban J connectivity index is 1.37. The molecule has 0 bridgehead atoms. The smallest absolute Gasteiger partial charge is 0.141 e. The number of nitrogens with zero attached hydrogens (tertiary/aromatic N) is 1. The summed E-state index contributed by atoms with van der Waals surface area (Å²) in [5.74, 6) is 2.20. The zero-order chi connectivity index (χ0) is 24.9. The molecule has 0 spiro atoms. The number of phenols is 1. The van der Waals surface area contributed by atoms with Crippen molar-refractivity contribution in [1.29, 1.82) is 0 Å². The zero-order valence-corrected chi connectivity index (χ0v) is 20.7. The third-order valence-electron chi connectivity index (χ3n) is 6.91. The lowest BCUT2D eigenvalue weighted by atomic mass is 9.96. The molecule has 4 aromatic rings. The van der Waals surface area contributed by atoms with Gasteiger partial charge in [0.05, 0.1) is 7.11 Å². The number of fused-ring (bicyclic) bond motifs is 1. The van der Waals surface area contributed by atoms with Gasteiger partial charge in [-0.25, -0.2) is 0 Å². The van der Waals surface area contributed by atoms with Gasteiger partial charge in [0.25, 0.3) is 0 Å². The zero-order valence-electron chi connectivity index (χ0n) is 20.7. The maximum atomic E-state index is 11.5. The van der Waals surface area contributed by atoms with E-state index in [1.54, 1.807) is 31.4 Å². The van der Waals surface area contributed by atoms with Crippen LogP contribution in [0, 0.1) is 0 Å². The quantitative estimate of drug-likeness (QED) is 0.310. The van der Waals surface area contributed by atoms with Crippen molar-refractivity contribution in [3.05, 3.63) is 77.9 Å². The highest BCUT2D eigenvalue weighted by Crippen LogP contribution is 2.41. The highest BCUT2D eigenvalue weighted by atomic mass is 16.5. The highest BCUT2D eigenvalue weighted by molar-refractivity contribution is 5.90. The second-order valence-corrected chi connectivity index (χ2v) is 9.33. The summed E-state index contributed by atoms with van der Waals surface area (Å²) in [6.07, 6.45) is 4.29. The summed E-state index contributed by atoms with van der Waals surface area (Å²) in [6.45, 7) is 3.90. The number of aromatic hydroxyl groups is 1. The summed E-state index contributed by atoms with van der Waals surface area (Å²) in [5, 5.41) is 22.0. The largest absolute Gasteiger partial charge is 0.508 e. The molecule has 0 radical (unpaired) electrons. The van der Waals surface area contributed by atoms with Crippen molar-refractivity contribution < 1.29 is 24.1 Å². The third kappa shape index (κ3) is 5.35. The van der Waals surface area contributed by atoms with Gasteiger partial charge in [0, 0.05) is 29.1 Å². The lowest BCUT2D eigenvalue weighted by molar-refractivity contribution is 0.213. The number of phenolic OH excluding ortho intramolecular Hbond substituents is 1. The van der Waals surface area contributed by atoms with Gasteiger partial charge < -0.3 is 24.1 Å². The number of furan rings is 1. The van der Waals surface area contributed by atoms with Crippen molar-refractivity contribution in [1.82, 2.24) is 4.90 Å². The summed E-state index contributed by atoms with van der Waals surface area (Å²) < 4.78 is 17.6.